The molecule has 1 atom stereocenters. The van der Waals surface area contributed by atoms with Crippen LogP contribution in [-0.2, 0) is 0 Å². The van der Waals surface area contributed by atoms with E-state index in [0.717, 1.165) is 15.7 Å². The molecule has 0 spiro atoms. The Bertz CT molecular complexity index is 572. The molecular formula is C15H16BrClN2. The van der Waals surface area contributed by atoms with Crippen molar-refractivity contribution in [2.24, 2.45) is 5.73 Å². The number of halogens is 2. The fraction of sp³-hybridized carbons (Fsp3) is 0.200. The first-order chi connectivity index (χ1) is 9.11. The summed E-state index contributed by atoms with van der Waals surface area (Å²) in [5.74, 6) is 0. The number of aryl methyl sites for hydroxylation is 1. The molecule has 0 saturated carbocycles. The van der Waals surface area contributed by atoms with E-state index >= 15 is 0 Å². The van der Waals surface area contributed by atoms with E-state index in [4.69, 9.17) is 17.3 Å². The summed E-state index contributed by atoms with van der Waals surface area (Å²) in [5, 5.41) is 4.19. The molecule has 0 amide bonds. The van der Waals surface area contributed by atoms with Crippen molar-refractivity contribution >= 4 is 33.2 Å². The Morgan fingerprint density at radius 1 is 1.26 bits per heavy atom. The molecule has 2 aromatic carbocycles. The van der Waals surface area contributed by atoms with Crippen molar-refractivity contribution in [3.05, 3.63) is 63.1 Å². The molecule has 3 N–H and O–H groups in total. The Labute approximate surface area is 127 Å². The molecule has 0 aliphatic carbocycles. The van der Waals surface area contributed by atoms with Gasteiger partial charge in [-0.15, -0.1) is 0 Å². The van der Waals surface area contributed by atoms with Gasteiger partial charge in [0.1, 0.15) is 0 Å². The Morgan fingerprint density at radius 2 is 2.00 bits per heavy atom. The number of nitrogens with two attached hydrogens (primary N) is 1. The normalized spacial score (nSPS) is 12.2. The smallest absolute Gasteiger partial charge is 0.0647 e. The fourth-order valence-corrected chi connectivity index (χ4v) is 2.93. The van der Waals surface area contributed by atoms with Crippen molar-refractivity contribution < 1.29 is 0 Å². The van der Waals surface area contributed by atoms with Gasteiger partial charge < -0.3 is 11.1 Å². The van der Waals surface area contributed by atoms with E-state index in [1.807, 2.05) is 30.3 Å². The summed E-state index contributed by atoms with van der Waals surface area (Å²) in [6, 6.07) is 14.0. The molecule has 0 fully saturated rings. The molecule has 0 heterocycles. The van der Waals surface area contributed by atoms with Crippen molar-refractivity contribution in [1.82, 2.24) is 0 Å². The minimum atomic E-state index is 0.0488. The van der Waals surface area contributed by atoms with Gasteiger partial charge in [0, 0.05) is 21.7 Å². The van der Waals surface area contributed by atoms with Gasteiger partial charge in [-0.2, -0.15) is 0 Å². The van der Waals surface area contributed by atoms with Crippen LogP contribution < -0.4 is 11.1 Å². The molecule has 0 aliphatic rings. The summed E-state index contributed by atoms with van der Waals surface area (Å²) in [7, 11) is 0. The van der Waals surface area contributed by atoms with Crippen LogP contribution in [0.3, 0.4) is 0 Å². The average Bonchev–Trinajstić information content (AvgIpc) is 2.39. The monoisotopic (exact) mass is 338 g/mol. The minimum Gasteiger partial charge on any atom is -0.377 e. The van der Waals surface area contributed by atoms with Crippen LogP contribution in [0.25, 0.3) is 0 Å². The molecule has 2 aromatic rings. The van der Waals surface area contributed by atoms with Gasteiger partial charge in [0.15, 0.2) is 0 Å². The lowest BCUT2D eigenvalue weighted by Crippen LogP contribution is -2.21. The van der Waals surface area contributed by atoms with Crippen molar-refractivity contribution in [2.45, 2.75) is 13.0 Å². The van der Waals surface area contributed by atoms with E-state index in [1.165, 1.54) is 5.56 Å². The van der Waals surface area contributed by atoms with Crippen molar-refractivity contribution in [3.63, 3.8) is 0 Å². The van der Waals surface area contributed by atoms with Crippen LogP contribution in [0.1, 0.15) is 17.2 Å². The summed E-state index contributed by atoms with van der Waals surface area (Å²) in [4.78, 5) is 0. The van der Waals surface area contributed by atoms with E-state index in [9.17, 15) is 0 Å². The number of para-hydroxylation sites is 1. The first-order valence-corrected chi connectivity index (χ1v) is 7.26. The largest absolute Gasteiger partial charge is 0.377 e. The van der Waals surface area contributed by atoms with Crippen LogP contribution in [0.5, 0.6) is 0 Å². The Morgan fingerprint density at radius 3 is 2.63 bits per heavy atom. The topological polar surface area (TPSA) is 38.0 Å². The third kappa shape index (κ3) is 3.50. The van der Waals surface area contributed by atoms with Crippen LogP contribution in [0.4, 0.5) is 5.69 Å². The van der Waals surface area contributed by atoms with Gasteiger partial charge in [0.2, 0.25) is 0 Å². The standard InChI is InChI=1S/C15H16BrClN2/c1-10-4-2-3-5-14(10)19-15(9-18)12-7-6-11(17)8-13(12)16/h2-8,15,19H,9,18H2,1H3. The number of anilines is 1. The van der Waals surface area contributed by atoms with Gasteiger partial charge in [-0.05, 0) is 36.2 Å². The molecule has 0 aromatic heterocycles. The van der Waals surface area contributed by atoms with Crippen molar-refractivity contribution in [2.75, 3.05) is 11.9 Å². The Hall–Kier alpha value is -1.03. The molecule has 1 unspecified atom stereocenters. The third-order valence-electron chi connectivity index (χ3n) is 3.05. The second-order valence-electron chi connectivity index (χ2n) is 4.41. The molecule has 0 bridgehead atoms. The number of nitrogens with one attached hydrogen (secondary N) is 1. The minimum absolute atomic E-state index is 0.0488. The van der Waals surface area contributed by atoms with Gasteiger partial charge in [-0.1, -0.05) is 51.8 Å². The van der Waals surface area contributed by atoms with Crippen LogP contribution >= 0.6 is 27.5 Å². The maximum Gasteiger partial charge on any atom is 0.0647 e. The molecule has 0 radical (unpaired) electrons. The van der Waals surface area contributed by atoms with E-state index in [1.54, 1.807) is 0 Å². The predicted octanol–water partition coefficient (Wildman–Crippen LogP) is 4.52. The zero-order chi connectivity index (χ0) is 13.8. The lowest BCUT2D eigenvalue weighted by Gasteiger charge is -2.21. The van der Waals surface area contributed by atoms with Gasteiger partial charge in [-0.3, -0.25) is 0 Å². The van der Waals surface area contributed by atoms with Gasteiger partial charge in [0.25, 0.3) is 0 Å². The van der Waals surface area contributed by atoms with E-state index in [-0.39, 0.29) is 6.04 Å². The second kappa shape index (κ2) is 6.42. The molecule has 4 heteroatoms. The highest BCUT2D eigenvalue weighted by atomic mass is 79.9. The van der Waals surface area contributed by atoms with Crippen LogP contribution in [0, 0.1) is 6.92 Å². The molecular weight excluding hydrogens is 324 g/mol. The van der Waals surface area contributed by atoms with E-state index in [0.29, 0.717) is 11.6 Å². The molecule has 2 nitrogen and oxygen atoms in total. The fourth-order valence-electron chi connectivity index (χ4n) is 1.97. The number of rotatable bonds is 4. The lowest BCUT2D eigenvalue weighted by molar-refractivity contribution is 0.785. The van der Waals surface area contributed by atoms with E-state index in [2.05, 4.69) is 40.3 Å². The summed E-state index contributed by atoms with van der Waals surface area (Å²) in [5.41, 5.74) is 9.30. The maximum absolute atomic E-state index is 5.97. The van der Waals surface area contributed by atoms with Crippen LogP contribution in [0.15, 0.2) is 46.9 Å². The second-order valence-corrected chi connectivity index (χ2v) is 5.70. The highest BCUT2D eigenvalue weighted by Gasteiger charge is 2.13. The SMILES string of the molecule is Cc1ccccc1NC(CN)c1ccc(Cl)cc1Br. The number of hydrogen-bond donors (Lipinski definition) is 2. The van der Waals surface area contributed by atoms with Gasteiger partial charge in [0.05, 0.1) is 6.04 Å². The molecule has 19 heavy (non-hydrogen) atoms. The van der Waals surface area contributed by atoms with Crippen LogP contribution in [-0.4, -0.2) is 6.54 Å². The van der Waals surface area contributed by atoms with Gasteiger partial charge in [-0.25, -0.2) is 0 Å². The number of benzene rings is 2. The van der Waals surface area contributed by atoms with Crippen molar-refractivity contribution in [3.8, 4) is 0 Å². The zero-order valence-electron chi connectivity index (χ0n) is 10.7. The molecule has 0 saturated heterocycles. The number of hydrogen-bond acceptors (Lipinski definition) is 2. The summed E-state index contributed by atoms with van der Waals surface area (Å²) in [6.45, 7) is 2.58. The van der Waals surface area contributed by atoms with Crippen LogP contribution in [0.2, 0.25) is 5.02 Å². The van der Waals surface area contributed by atoms with Gasteiger partial charge >= 0.3 is 0 Å². The summed E-state index contributed by atoms with van der Waals surface area (Å²) < 4.78 is 0.969. The molecule has 100 valence electrons. The average molecular weight is 340 g/mol. The molecule has 2 rings (SSSR count). The van der Waals surface area contributed by atoms with Crippen molar-refractivity contribution in [1.29, 1.82) is 0 Å². The lowest BCUT2D eigenvalue weighted by atomic mass is 10.1. The maximum atomic E-state index is 5.97. The summed E-state index contributed by atoms with van der Waals surface area (Å²) in [6.07, 6.45) is 0. The summed E-state index contributed by atoms with van der Waals surface area (Å²) >= 11 is 9.51. The Balaban J connectivity index is 2.28. The Kier molecular flexibility index (Phi) is 4.86. The first-order valence-electron chi connectivity index (χ1n) is 6.09. The predicted molar refractivity (Wildman–Crippen MR) is 85.7 cm³/mol. The highest BCUT2D eigenvalue weighted by molar-refractivity contribution is 9.10. The third-order valence-corrected chi connectivity index (χ3v) is 3.97. The first kappa shape index (κ1) is 14.4. The zero-order valence-corrected chi connectivity index (χ0v) is 13.0. The highest BCUT2D eigenvalue weighted by Crippen LogP contribution is 2.29. The molecule has 0 aliphatic heterocycles. The van der Waals surface area contributed by atoms with E-state index < -0.39 is 0 Å². The quantitative estimate of drug-likeness (QED) is 0.859.